The number of rotatable bonds is 4. The first kappa shape index (κ1) is 19.4. The average molecular weight is 425 g/mol. The topological polar surface area (TPSA) is 66.9 Å². The van der Waals surface area contributed by atoms with Crippen molar-refractivity contribution in [3.05, 3.63) is 65.1 Å². The highest BCUT2D eigenvalue weighted by Gasteiger charge is 2.48. The van der Waals surface area contributed by atoms with Gasteiger partial charge in [0.25, 0.3) is 11.8 Å². The number of hydrogen-bond acceptors (Lipinski definition) is 6. The van der Waals surface area contributed by atoms with Crippen LogP contribution in [-0.4, -0.2) is 40.1 Å². The molecule has 4 rings (SSSR count). The van der Waals surface area contributed by atoms with Crippen LogP contribution in [0.1, 0.15) is 12.0 Å². The lowest BCUT2D eigenvalue weighted by Gasteiger charge is -2.21. The Morgan fingerprint density at radius 2 is 1.76 bits per heavy atom. The Kier molecular flexibility index (Phi) is 5.21. The normalized spacial score (nSPS) is 20.9. The third-order valence-corrected chi connectivity index (χ3v) is 6.02. The van der Waals surface area contributed by atoms with E-state index in [0.717, 1.165) is 22.2 Å². The van der Waals surface area contributed by atoms with Crippen LogP contribution in [0.4, 0.5) is 5.69 Å². The van der Waals surface area contributed by atoms with Gasteiger partial charge in [0.05, 0.1) is 24.1 Å². The monoisotopic (exact) mass is 424 g/mol. The smallest absolute Gasteiger partial charge is 0.266 e. The summed E-state index contributed by atoms with van der Waals surface area (Å²) < 4.78 is 5.41. The number of thiocarbonyl (C=S) groups is 1. The average Bonchev–Trinajstić information content (AvgIpc) is 3.17. The summed E-state index contributed by atoms with van der Waals surface area (Å²) >= 11 is 6.49. The molecule has 2 heterocycles. The zero-order chi connectivity index (χ0) is 20.5. The second-order valence-electron chi connectivity index (χ2n) is 6.45. The van der Waals surface area contributed by atoms with Gasteiger partial charge in [0.1, 0.15) is 16.1 Å². The molecular formula is C21H16N2O4S2. The van der Waals surface area contributed by atoms with E-state index in [9.17, 15) is 14.4 Å². The molecule has 0 aliphatic carbocycles. The summed E-state index contributed by atoms with van der Waals surface area (Å²) in [5, 5.41) is 0. The summed E-state index contributed by atoms with van der Waals surface area (Å²) in [5.74, 6) is -0.440. The lowest BCUT2D eigenvalue weighted by atomic mass is 10.2. The van der Waals surface area contributed by atoms with Gasteiger partial charge < -0.3 is 4.74 Å². The summed E-state index contributed by atoms with van der Waals surface area (Å²) in [7, 11) is 1.58. The Labute approximate surface area is 177 Å². The van der Waals surface area contributed by atoms with Crippen molar-refractivity contribution in [2.75, 3.05) is 12.0 Å². The molecule has 2 fully saturated rings. The maximum absolute atomic E-state index is 13.0. The molecule has 2 saturated heterocycles. The number of benzene rings is 2. The number of nitrogens with zero attached hydrogens (tertiary/aromatic N) is 2. The molecular weight excluding hydrogens is 408 g/mol. The van der Waals surface area contributed by atoms with Crippen molar-refractivity contribution in [1.82, 2.24) is 4.90 Å². The zero-order valence-electron chi connectivity index (χ0n) is 15.4. The molecule has 2 aliphatic heterocycles. The van der Waals surface area contributed by atoms with Crippen LogP contribution in [-0.2, 0) is 14.4 Å². The van der Waals surface area contributed by atoms with Gasteiger partial charge in [0, 0.05) is 0 Å². The number of carbonyl (C=O) groups is 3. The third-order valence-electron chi connectivity index (χ3n) is 4.69. The van der Waals surface area contributed by atoms with E-state index in [1.165, 1.54) is 4.90 Å². The van der Waals surface area contributed by atoms with Gasteiger partial charge in [-0.3, -0.25) is 19.3 Å². The van der Waals surface area contributed by atoms with Crippen LogP contribution in [0.25, 0.3) is 6.08 Å². The highest BCUT2D eigenvalue weighted by atomic mass is 32.2. The number of methoxy groups -OCH3 is 1. The van der Waals surface area contributed by atoms with E-state index < -0.39 is 11.9 Å². The highest BCUT2D eigenvalue weighted by Crippen LogP contribution is 2.37. The van der Waals surface area contributed by atoms with Crippen LogP contribution in [0.2, 0.25) is 0 Å². The number of anilines is 1. The van der Waals surface area contributed by atoms with Gasteiger partial charge in [-0.2, -0.15) is 0 Å². The van der Waals surface area contributed by atoms with Gasteiger partial charge in [0.15, 0.2) is 0 Å². The molecule has 2 aliphatic rings. The molecule has 0 saturated carbocycles. The number of para-hydroxylation sites is 1. The quantitative estimate of drug-likeness (QED) is 0.427. The number of hydrogen-bond donors (Lipinski definition) is 0. The van der Waals surface area contributed by atoms with Crippen molar-refractivity contribution < 1.29 is 19.1 Å². The van der Waals surface area contributed by atoms with Crippen LogP contribution < -0.4 is 9.64 Å². The number of imide groups is 1. The molecule has 2 aromatic rings. The summed E-state index contributed by atoms with van der Waals surface area (Å²) in [5.41, 5.74) is 1.30. The number of amides is 3. The highest BCUT2D eigenvalue weighted by molar-refractivity contribution is 8.26. The Balaban J connectivity index is 1.58. The molecule has 0 radical (unpaired) electrons. The zero-order valence-corrected chi connectivity index (χ0v) is 17.0. The van der Waals surface area contributed by atoms with E-state index in [2.05, 4.69) is 0 Å². The fourth-order valence-electron chi connectivity index (χ4n) is 3.27. The SMILES string of the molecule is COc1ccc(/C=C2\SC(=S)N([C@@H]3CC(=O)N(c4ccccc4)C3=O)C2=O)cc1. The van der Waals surface area contributed by atoms with Gasteiger partial charge in [0.2, 0.25) is 5.91 Å². The Morgan fingerprint density at radius 1 is 1.07 bits per heavy atom. The molecule has 0 N–H and O–H groups in total. The lowest BCUT2D eigenvalue weighted by molar-refractivity contribution is -0.129. The van der Waals surface area contributed by atoms with Gasteiger partial charge in [-0.15, -0.1) is 0 Å². The first-order valence-corrected chi connectivity index (χ1v) is 10.0. The first-order valence-electron chi connectivity index (χ1n) is 8.82. The lowest BCUT2D eigenvalue weighted by Crippen LogP contribution is -2.44. The molecule has 8 heteroatoms. The van der Waals surface area contributed by atoms with Crippen LogP contribution in [0.5, 0.6) is 5.75 Å². The molecule has 0 aromatic heterocycles. The van der Waals surface area contributed by atoms with E-state index in [0.29, 0.717) is 16.3 Å². The maximum Gasteiger partial charge on any atom is 0.266 e. The number of ether oxygens (including phenoxy) is 1. The van der Waals surface area contributed by atoms with Crippen molar-refractivity contribution in [3.63, 3.8) is 0 Å². The molecule has 1 atom stereocenters. The van der Waals surface area contributed by atoms with Crippen molar-refractivity contribution in [2.45, 2.75) is 12.5 Å². The van der Waals surface area contributed by atoms with E-state index in [4.69, 9.17) is 17.0 Å². The van der Waals surface area contributed by atoms with Crippen LogP contribution >= 0.6 is 24.0 Å². The van der Waals surface area contributed by atoms with Gasteiger partial charge in [-0.25, -0.2) is 4.90 Å². The molecule has 146 valence electrons. The summed E-state index contributed by atoms with van der Waals surface area (Å²) in [6, 6.07) is 15.0. The van der Waals surface area contributed by atoms with E-state index in [-0.39, 0.29) is 22.6 Å². The van der Waals surface area contributed by atoms with Crippen molar-refractivity contribution in [1.29, 1.82) is 0 Å². The Morgan fingerprint density at radius 3 is 2.41 bits per heavy atom. The predicted molar refractivity (Wildman–Crippen MR) is 115 cm³/mol. The molecule has 0 bridgehead atoms. The molecule has 3 amide bonds. The summed E-state index contributed by atoms with van der Waals surface area (Å²) in [6.07, 6.45) is 1.63. The van der Waals surface area contributed by atoms with Crippen molar-refractivity contribution >= 4 is 57.8 Å². The number of carbonyl (C=O) groups excluding carboxylic acids is 3. The third kappa shape index (κ3) is 3.56. The minimum absolute atomic E-state index is 0.0873. The van der Waals surface area contributed by atoms with Crippen LogP contribution in [0, 0.1) is 0 Å². The fourth-order valence-corrected chi connectivity index (χ4v) is 4.62. The van der Waals surface area contributed by atoms with E-state index in [1.807, 2.05) is 12.1 Å². The van der Waals surface area contributed by atoms with Crippen LogP contribution in [0.3, 0.4) is 0 Å². The van der Waals surface area contributed by atoms with Crippen molar-refractivity contribution in [2.24, 2.45) is 0 Å². The van der Waals surface area contributed by atoms with Gasteiger partial charge in [-0.1, -0.05) is 54.3 Å². The molecule has 29 heavy (non-hydrogen) atoms. The van der Waals surface area contributed by atoms with Gasteiger partial charge >= 0.3 is 0 Å². The van der Waals surface area contributed by atoms with Gasteiger partial charge in [-0.05, 0) is 35.9 Å². The Hall–Kier alpha value is -2.97. The second-order valence-corrected chi connectivity index (χ2v) is 8.12. The number of thioether (sulfide) groups is 1. The predicted octanol–water partition coefficient (Wildman–Crippen LogP) is 3.23. The van der Waals surface area contributed by atoms with E-state index in [1.54, 1.807) is 55.7 Å². The standard InChI is InChI=1S/C21H16N2O4S2/c1-27-15-9-7-13(8-10-15)11-17-20(26)23(21(28)29-17)16-12-18(24)22(19(16)25)14-5-3-2-4-6-14/h2-11,16H,12H2,1H3/b17-11-/t16-/m1/s1. The van der Waals surface area contributed by atoms with E-state index >= 15 is 0 Å². The minimum Gasteiger partial charge on any atom is -0.497 e. The summed E-state index contributed by atoms with van der Waals surface area (Å²) in [4.78, 5) is 41.2. The Bertz CT molecular complexity index is 1030. The molecule has 0 spiro atoms. The maximum atomic E-state index is 13.0. The molecule has 2 aromatic carbocycles. The molecule has 6 nitrogen and oxygen atoms in total. The second kappa shape index (κ2) is 7.81. The summed E-state index contributed by atoms with van der Waals surface area (Å²) in [6.45, 7) is 0. The fraction of sp³-hybridized carbons (Fsp3) is 0.143. The molecule has 0 unspecified atom stereocenters. The van der Waals surface area contributed by atoms with Crippen LogP contribution in [0.15, 0.2) is 59.5 Å². The van der Waals surface area contributed by atoms with Crippen molar-refractivity contribution in [3.8, 4) is 5.75 Å². The largest absolute Gasteiger partial charge is 0.497 e. The minimum atomic E-state index is -0.919. The first-order chi connectivity index (χ1) is 14.0.